The molecule has 2 aromatic rings. The van der Waals surface area contributed by atoms with Gasteiger partial charge < -0.3 is 9.84 Å². The van der Waals surface area contributed by atoms with Crippen molar-refractivity contribution in [2.45, 2.75) is 6.42 Å². The Kier molecular flexibility index (Phi) is 3.31. The highest BCUT2D eigenvalue weighted by molar-refractivity contribution is 5.65. The van der Waals surface area contributed by atoms with Gasteiger partial charge in [0.2, 0.25) is 0 Å². The van der Waals surface area contributed by atoms with Crippen molar-refractivity contribution < 1.29 is 8.91 Å². The average Bonchev–Trinajstić information content (AvgIpc) is 2.75. The molecule has 1 aromatic carbocycles. The SMILES string of the molecule is CNCCc1nocc1-c1ccccc1F. The first kappa shape index (κ1) is 10.8. The summed E-state index contributed by atoms with van der Waals surface area (Å²) < 4.78 is 18.5. The van der Waals surface area contributed by atoms with Crippen molar-refractivity contribution in [2.75, 3.05) is 13.6 Å². The van der Waals surface area contributed by atoms with Crippen LogP contribution in [0.5, 0.6) is 0 Å². The second-order valence-corrected chi connectivity index (χ2v) is 3.51. The van der Waals surface area contributed by atoms with Crippen LogP contribution in [0.15, 0.2) is 35.1 Å². The minimum absolute atomic E-state index is 0.253. The van der Waals surface area contributed by atoms with Crippen LogP contribution < -0.4 is 5.32 Å². The third kappa shape index (κ3) is 2.12. The molecule has 1 N–H and O–H groups in total. The summed E-state index contributed by atoms with van der Waals surface area (Å²) in [7, 11) is 1.86. The molecule has 0 radical (unpaired) electrons. The summed E-state index contributed by atoms with van der Waals surface area (Å²) >= 11 is 0. The van der Waals surface area contributed by atoms with E-state index in [2.05, 4.69) is 10.5 Å². The van der Waals surface area contributed by atoms with Gasteiger partial charge in [0.05, 0.1) is 5.69 Å². The molecule has 0 saturated heterocycles. The molecule has 0 spiro atoms. The van der Waals surface area contributed by atoms with Crippen LogP contribution in [0.3, 0.4) is 0 Å². The Balaban J connectivity index is 2.33. The van der Waals surface area contributed by atoms with E-state index >= 15 is 0 Å². The fourth-order valence-electron chi connectivity index (χ4n) is 1.58. The molecule has 0 aliphatic rings. The maximum Gasteiger partial charge on any atom is 0.132 e. The van der Waals surface area contributed by atoms with Crippen molar-refractivity contribution >= 4 is 0 Å². The largest absolute Gasteiger partial charge is 0.364 e. The van der Waals surface area contributed by atoms with Crippen LogP contribution >= 0.6 is 0 Å². The first-order valence-electron chi connectivity index (χ1n) is 5.15. The second-order valence-electron chi connectivity index (χ2n) is 3.51. The van der Waals surface area contributed by atoms with Crippen LogP contribution in [0.1, 0.15) is 5.69 Å². The van der Waals surface area contributed by atoms with Crippen LogP contribution in [0.25, 0.3) is 11.1 Å². The fourth-order valence-corrected chi connectivity index (χ4v) is 1.58. The molecule has 0 unspecified atom stereocenters. The van der Waals surface area contributed by atoms with Crippen LogP contribution in [-0.2, 0) is 6.42 Å². The Morgan fingerprint density at radius 1 is 1.31 bits per heavy atom. The fraction of sp³-hybridized carbons (Fsp3) is 0.250. The molecule has 0 amide bonds. The molecule has 0 fully saturated rings. The smallest absolute Gasteiger partial charge is 0.132 e. The van der Waals surface area contributed by atoms with Crippen molar-refractivity contribution in [1.29, 1.82) is 0 Å². The summed E-state index contributed by atoms with van der Waals surface area (Å²) in [6.45, 7) is 0.786. The van der Waals surface area contributed by atoms with E-state index in [1.807, 2.05) is 7.05 Å². The maximum absolute atomic E-state index is 13.6. The number of benzene rings is 1. The Labute approximate surface area is 93.3 Å². The predicted molar refractivity (Wildman–Crippen MR) is 59.5 cm³/mol. The molecule has 0 atom stereocenters. The first-order valence-corrected chi connectivity index (χ1v) is 5.15. The first-order chi connectivity index (χ1) is 7.83. The van der Waals surface area contributed by atoms with Crippen molar-refractivity contribution in [3.05, 3.63) is 42.0 Å². The summed E-state index contributed by atoms with van der Waals surface area (Å²) in [5.41, 5.74) is 2.04. The highest BCUT2D eigenvalue weighted by atomic mass is 19.1. The molecule has 16 heavy (non-hydrogen) atoms. The Morgan fingerprint density at radius 2 is 2.12 bits per heavy atom. The topological polar surface area (TPSA) is 38.1 Å². The van der Waals surface area contributed by atoms with E-state index in [-0.39, 0.29) is 5.82 Å². The normalized spacial score (nSPS) is 10.6. The van der Waals surface area contributed by atoms with Gasteiger partial charge in [-0.1, -0.05) is 23.4 Å². The zero-order chi connectivity index (χ0) is 11.4. The molecule has 3 nitrogen and oxygen atoms in total. The lowest BCUT2D eigenvalue weighted by Crippen LogP contribution is -2.11. The molecule has 84 valence electrons. The van der Waals surface area contributed by atoms with E-state index in [0.717, 1.165) is 24.2 Å². The number of hydrogen-bond acceptors (Lipinski definition) is 3. The summed E-state index contributed by atoms with van der Waals surface area (Å²) in [5, 5.41) is 6.91. The van der Waals surface area contributed by atoms with Gasteiger partial charge in [-0.15, -0.1) is 0 Å². The monoisotopic (exact) mass is 220 g/mol. The van der Waals surface area contributed by atoms with Crippen LogP contribution in [0.4, 0.5) is 4.39 Å². The van der Waals surface area contributed by atoms with Crippen molar-refractivity contribution in [3.63, 3.8) is 0 Å². The summed E-state index contributed by atoms with van der Waals surface area (Å²) in [6, 6.07) is 6.63. The molecule has 0 bridgehead atoms. The zero-order valence-corrected chi connectivity index (χ0v) is 9.03. The molecular weight excluding hydrogens is 207 g/mol. The molecule has 0 aliphatic carbocycles. The van der Waals surface area contributed by atoms with Gasteiger partial charge in [0.15, 0.2) is 0 Å². The standard InChI is InChI=1S/C12H13FN2O/c1-14-7-6-12-10(8-16-15-12)9-4-2-3-5-11(9)13/h2-5,8,14H,6-7H2,1H3. The van der Waals surface area contributed by atoms with E-state index in [1.54, 1.807) is 18.2 Å². The van der Waals surface area contributed by atoms with Gasteiger partial charge in [0, 0.05) is 24.1 Å². The highest BCUT2D eigenvalue weighted by Gasteiger charge is 2.12. The molecule has 0 saturated carbocycles. The average molecular weight is 220 g/mol. The summed E-state index contributed by atoms with van der Waals surface area (Å²) in [5.74, 6) is -0.253. The lowest BCUT2D eigenvalue weighted by molar-refractivity contribution is 0.411. The van der Waals surface area contributed by atoms with E-state index in [9.17, 15) is 4.39 Å². The molecule has 1 heterocycles. The number of likely N-dealkylation sites (N-methyl/N-ethyl adjacent to an activating group) is 1. The number of rotatable bonds is 4. The zero-order valence-electron chi connectivity index (χ0n) is 9.03. The van der Waals surface area contributed by atoms with E-state index in [4.69, 9.17) is 4.52 Å². The number of halogens is 1. The van der Waals surface area contributed by atoms with Gasteiger partial charge in [-0.3, -0.25) is 0 Å². The molecule has 0 aliphatic heterocycles. The van der Waals surface area contributed by atoms with Crippen molar-refractivity contribution in [2.24, 2.45) is 0 Å². The van der Waals surface area contributed by atoms with Gasteiger partial charge in [0.1, 0.15) is 12.1 Å². The van der Waals surface area contributed by atoms with E-state index in [0.29, 0.717) is 5.56 Å². The van der Waals surface area contributed by atoms with Gasteiger partial charge in [-0.2, -0.15) is 0 Å². The molecular formula is C12H13FN2O. The van der Waals surface area contributed by atoms with E-state index < -0.39 is 0 Å². The predicted octanol–water partition coefficient (Wildman–Crippen LogP) is 2.24. The van der Waals surface area contributed by atoms with Crippen LogP contribution in [-0.4, -0.2) is 18.7 Å². The Hall–Kier alpha value is -1.68. The van der Waals surface area contributed by atoms with E-state index in [1.165, 1.54) is 12.3 Å². The lowest BCUT2D eigenvalue weighted by Gasteiger charge is -2.02. The second kappa shape index (κ2) is 4.90. The third-order valence-electron chi connectivity index (χ3n) is 2.42. The van der Waals surface area contributed by atoms with Gasteiger partial charge >= 0.3 is 0 Å². The minimum atomic E-state index is -0.253. The van der Waals surface area contributed by atoms with Crippen LogP contribution in [0.2, 0.25) is 0 Å². The number of aromatic nitrogens is 1. The molecule has 2 rings (SSSR count). The van der Waals surface area contributed by atoms with Crippen molar-refractivity contribution in [3.8, 4) is 11.1 Å². The lowest BCUT2D eigenvalue weighted by atomic mass is 10.0. The summed E-state index contributed by atoms with van der Waals surface area (Å²) in [4.78, 5) is 0. The highest BCUT2D eigenvalue weighted by Crippen LogP contribution is 2.25. The van der Waals surface area contributed by atoms with Gasteiger partial charge in [0.25, 0.3) is 0 Å². The number of nitrogens with one attached hydrogen (secondary N) is 1. The molecule has 4 heteroatoms. The summed E-state index contributed by atoms with van der Waals surface area (Å²) in [6.07, 6.45) is 2.21. The molecule has 1 aromatic heterocycles. The van der Waals surface area contributed by atoms with Crippen LogP contribution in [0, 0.1) is 5.82 Å². The Morgan fingerprint density at radius 3 is 2.88 bits per heavy atom. The van der Waals surface area contributed by atoms with Gasteiger partial charge in [-0.25, -0.2) is 4.39 Å². The number of nitrogens with zero attached hydrogens (tertiary/aromatic N) is 1. The quantitative estimate of drug-likeness (QED) is 0.858. The third-order valence-corrected chi connectivity index (χ3v) is 2.42. The maximum atomic E-state index is 13.6. The minimum Gasteiger partial charge on any atom is -0.364 e. The van der Waals surface area contributed by atoms with Crippen molar-refractivity contribution in [1.82, 2.24) is 10.5 Å². The Bertz CT molecular complexity index is 468. The number of hydrogen-bond donors (Lipinski definition) is 1. The van der Waals surface area contributed by atoms with Gasteiger partial charge in [-0.05, 0) is 13.1 Å².